The third kappa shape index (κ3) is 2.53. The van der Waals surface area contributed by atoms with Crippen molar-refractivity contribution in [3.63, 3.8) is 0 Å². The summed E-state index contributed by atoms with van der Waals surface area (Å²) in [5.74, 6) is 0. The lowest BCUT2D eigenvalue weighted by Crippen LogP contribution is -2.00. The van der Waals surface area contributed by atoms with Gasteiger partial charge >= 0.3 is 0 Å². The maximum absolute atomic E-state index is 5.70. The molecule has 2 N–H and O–H groups in total. The fraction of sp³-hybridized carbons (Fsp3) is 0.500. The van der Waals surface area contributed by atoms with Crippen molar-refractivity contribution in [2.24, 2.45) is 10.7 Å². The van der Waals surface area contributed by atoms with Gasteiger partial charge < -0.3 is 5.73 Å². The average molecular weight is 164 g/mol. The number of nitrogens with two attached hydrogens (primary N) is 1. The highest BCUT2D eigenvalue weighted by molar-refractivity contribution is 5.80. The molecule has 0 aromatic rings. The smallest absolute Gasteiger partial charge is 0.0501 e. The summed E-state index contributed by atoms with van der Waals surface area (Å²) in [6.45, 7) is 5.70. The monoisotopic (exact) mass is 164 g/mol. The van der Waals surface area contributed by atoms with Crippen LogP contribution in [0.2, 0.25) is 0 Å². The van der Waals surface area contributed by atoms with Gasteiger partial charge in [0, 0.05) is 11.9 Å². The van der Waals surface area contributed by atoms with Gasteiger partial charge in [-0.2, -0.15) is 0 Å². The van der Waals surface area contributed by atoms with Gasteiger partial charge in [0.1, 0.15) is 0 Å². The molecule has 2 nitrogen and oxygen atoms in total. The van der Waals surface area contributed by atoms with Gasteiger partial charge in [0.2, 0.25) is 0 Å². The van der Waals surface area contributed by atoms with Crippen LogP contribution in [0.15, 0.2) is 28.9 Å². The molecule has 1 saturated carbocycles. The summed E-state index contributed by atoms with van der Waals surface area (Å²) < 4.78 is 0. The first-order valence-corrected chi connectivity index (χ1v) is 4.42. The zero-order chi connectivity index (χ0) is 8.97. The third-order valence-corrected chi connectivity index (χ3v) is 1.96. The fourth-order valence-electron chi connectivity index (χ4n) is 0.920. The molecule has 0 spiro atoms. The lowest BCUT2D eigenvalue weighted by atomic mass is 10.2. The van der Waals surface area contributed by atoms with Gasteiger partial charge in [-0.15, -0.1) is 0 Å². The minimum Gasteiger partial charge on any atom is -0.398 e. The molecule has 0 aromatic carbocycles. The van der Waals surface area contributed by atoms with E-state index < -0.39 is 0 Å². The van der Waals surface area contributed by atoms with Crippen LogP contribution in [0.25, 0.3) is 0 Å². The second kappa shape index (κ2) is 4.10. The van der Waals surface area contributed by atoms with Gasteiger partial charge in [0.25, 0.3) is 0 Å². The van der Waals surface area contributed by atoms with Gasteiger partial charge in [0.05, 0.1) is 6.04 Å². The Kier molecular flexibility index (Phi) is 3.09. The van der Waals surface area contributed by atoms with Crippen molar-refractivity contribution in [3.8, 4) is 0 Å². The summed E-state index contributed by atoms with van der Waals surface area (Å²) in [5, 5.41) is 0. The fourth-order valence-corrected chi connectivity index (χ4v) is 0.920. The Morgan fingerprint density at radius 3 is 2.75 bits per heavy atom. The summed E-state index contributed by atoms with van der Waals surface area (Å²) in [7, 11) is 0. The van der Waals surface area contributed by atoms with Crippen LogP contribution in [-0.4, -0.2) is 12.3 Å². The van der Waals surface area contributed by atoms with Crippen molar-refractivity contribution >= 4 is 6.21 Å². The van der Waals surface area contributed by atoms with Crippen LogP contribution in [-0.2, 0) is 0 Å². The highest BCUT2D eigenvalue weighted by atomic mass is 14.8. The maximum Gasteiger partial charge on any atom is 0.0501 e. The molecule has 2 heteroatoms. The van der Waals surface area contributed by atoms with Crippen molar-refractivity contribution in [3.05, 3.63) is 23.9 Å². The quantitative estimate of drug-likeness (QED) is 0.501. The Labute approximate surface area is 73.9 Å². The predicted octanol–water partition coefficient (Wildman–Crippen LogP) is 2.03. The van der Waals surface area contributed by atoms with Crippen molar-refractivity contribution in [2.45, 2.75) is 32.2 Å². The molecule has 0 heterocycles. The summed E-state index contributed by atoms with van der Waals surface area (Å²) in [6, 6.07) is 0.573. The molecule has 1 rings (SSSR count). The second-order valence-electron chi connectivity index (χ2n) is 3.05. The first-order valence-electron chi connectivity index (χ1n) is 4.42. The van der Waals surface area contributed by atoms with Crippen LogP contribution in [0.5, 0.6) is 0 Å². The molecule has 0 atom stereocenters. The van der Waals surface area contributed by atoms with E-state index in [-0.39, 0.29) is 0 Å². The molecule has 0 radical (unpaired) electrons. The van der Waals surface area contributed by atoms with Crippen LogP contribution in [0, 0.1) is 0 Å². The number of aliphatic imine (C=N–C) groups is 1. The minimum atomic E-state index is 0.573. The molecule has 0 unspecified atom stereocenters. The van der Waals surface area contributed by atoms with E-state index in [4.69, 9.17) is 5.73 Å². The number of rotatable bonds is 4. The van der Waals surface area contributed by atoms with Gasteiger partial charge in [-0.3, -0.25) is 4.99 Å². The van der Waals surface area contributed by atoms with Gasteiger partial charge in [-0.05, 0) is 30.9 Å². The summed E-state index contributed by atoms with van der Waals surface area (Å²) >= 11 is 0. The molecule has 1 aliphatic carbocycles. The molecule has 0 aromatic heterocycles. The molecular formula is C10H16N2. The Hall–Kier alpha value is -1.05. The Balaban J connectivity index is 2.59. The molecule has 12 heavy (non-hydrogen) atoms. The van der Waals surface area contributed by atoms with Crippen LogP contribution >= 0.6 is 0 Å². The Bertz CT molecular complexity index is 222. The van der Waals surface area contributed by atoms with E-state index in [9.17, 15) is 0 Å². The molecule has 66 valence electrons. The van der Waals surface area contributed by atoms with Crippen molar-refractivity contribution in [1.82, 2.24) is 0 Å². The van der Waals surface area contributed by atoms with Crippen LogP contribution in [0.1, 0.15) is 26.2 Å². The van der Waals surface area contributed by atoms with Gasteiger partial charge in [-0.1, -0.05) is 13.5 Å². The molecule has 1 fully saturated rings. The third-order valence-electron chi connectivity index (χ3n) is 1.96. The largest absolute Gasteiger partial charge is 0.398 e. The minimum absolute atomic E-state index is 0.573. The topological polar surface area (TPSA) is 38.4 Å². The van der Waals surface area contributed by atoms with E-state index in [2.05, 4.69) is 18.5 Å². The summed E-state index contributed by atoms with van der Waals surface area (Å²) in [6.07, 6.45) is 6.98. The standard InChI is InChI=1S/C10H16N2/c1-3-8(10(11)4-2)7-12-9-5-6-9/h4,7,9H,2-3,5-6,11H2,1H3. The van der Waals surface area contributed by atoms with E-state index in [1.807, 2.05) is 6.21 Å². The number of hydrogen-bond acceptors (Lipinski definition) is 2. The van der Waals surface area contributed by atoms with Crippen molar-refractivity contribution < 1.29 is 0 Å². The number of nitrogens with zero attached hydrogens (tertiary/aromatic N) is 1. The van der Waals surface area contributed by atoms with E-state index in [1.165, 1.54) is 12.8 Å². The van der Waals surface area contributed by atoms with Crippen molar-refractivity contribution in [1.29, 1.82) is 0 Å². The zero-order valence-corrected chi connectivity index (χ0v) is 7.59. The lowest BCUT2D eigenvalue weighted by Gasteiger charge is -1.99. The normalized spacial score (nSPS) is 19.4. The maximum atomic E-state index is 5.70. The van der Waals surface area contributed by atoms with Gasteiger partial charge in [0.15, 0.2) is 0 Å². The predicted molar refractivity (Wildman–Crippen MR) is 53.2 cm³/mol. The second-order valence-corrected chi connectivity index (χ2v) is 3.05. The van der Waals surface area contributed by atoms with E-state index in [0.717, 1.165) is 17.7 Å². The highest BCUT2D eigenvalue weighted by Crippen LogP contribution is 2.23. The Morgan fingerprint density at radius 1 is 1.67 bits per heavy atom. The average Bonchev–Trinajstić information content (AvgIpc) is 2.88. The highest BCUT2D eigenvalue weighted by Gasteiger charge is 2.18. The first-order chi connectivity index (χ1) is 5.77. The lowest BCUT2D eigenvalue weighted by molar-refractivity contribution is 1.06. The van der Waals surface area contributed by atoms with Crippen molar-refractivity contribution in [2.75, 3.05) is 0 Å². The Morgan fingerprint density at radius 2 is 2.33 bits per heavy atom. The summed E-state index contributed by atoms with van der Waals surface area (Å²) in [4.78, 5) is 4.37. The molecule has 0 bridgehead atoms. The molecule has 0 saturated heterocycles. The first kappa shape index (κ1) is 9.04. The van der Waals surface area contributed by atoms with E-state index in [0.29, 0.717) is 6.04 Å². The number of hydrogen-bond donors (Lipinski definition) is 1. The SMILES string of the molecule is C=CC(N)=C(C=NC1CC1)CC. The van der Waals surface area contributed by atoms with E-state index >= 15 is 0 Å². The van der Waals surface area contributed by atoms with Crippen LogP contribution in [0.3, 0.4) is 0 Å². The summed E-state index contributed by atoms with van der Waals surface area (Å²) in [5.41, 5.74) is 7.55. The zero-order valence-electron chi connectivity index (χ0n) is 7.59. The molecule has 0 aliphatic heterocycles. The van der Waals surface area contributed by atoms with Crippen LogP contribution in [0.4, 0.5) is 0 Å². The van der Waals surface area contributed by atoms with Gasteiger partial charge in [-0.25, -0.2) is 0 Å². The molecular weight excluding hydrogens is 148 g/mol. The molecule has 0 amide bonds. The van der Waals surface area contributed by atoms with E-state index in [1.54, 1.807) is 6.08 Å². The van der Waals surface area contributed by atoms with Crippen LogP contribution < -0.4 is 5.73 Å². The molecule has 1 aliphatic rings. The number of allylic oxidation sites excluding steroid dienone is 2.